The summed E-state index contributed by atoms with van der Waals surface area (Å²) in [5.41, 5.74) is 3.38. The van der Waals surface area contributed by atoms with Crippen molar-refractivity contribution >= 4 is 5.69 Å². The van der Waals surface area contributed by atoms with Crippen molar-refractivity contribution in [3.63, 3.8) is 0 Å². The Bertz CT molecular complexity index is 671. The monoisotopic (exact) mass is 457 g/mol. The average molecular weight is 458 g/mol. The Balaban J connectivity index is 2.35. The van der Waals surface area contributed by atoms with Gasteiger partial charge < -0.3 is 9.64 Å². The minimum Gasteiger partial charge on any atom is -0.490 e. The number of unbranched alkanes of at least 4 members (excludes halogenated alkanes) is 7. The van der Waals surface area contributed by atoms with Gasteiger partial charge in [0.1, 0.15) is 12.4 Å². The molecule has 0 amide bonds. The second-order valence-corrected chi connectivity index (χ2v) is 11.2. The van der Waals surface area contributed by atoms with Crippen LogP contribution in [0.25, 0.3) is 0 Å². The molecule has 190 valence electrons. The normalized spacial score (nSPS) is 17.2. The molecule has 0 saturated heterocycles. The first-order valence-corrected chi connectivity index (χ1v) is 14.5. The molecule has 2 atom stereocenters. The molecule has 2 nitrogen and oxygen atoms in total. The van der Waals surface area contributed by atoms with Gasteiger partial charge in [0, 0.05) is 5.54 Å². The van der Waals surface area contributed by atoms with E-state index in [9.17, 15) is 0 Å². The third-order valence-corrected chi connectivity index (χ3v) is 8.19. The Morgan fingerprint density at radius 1 is 0.727 bits per heavy atom. The van der Waals surface area contributed by atoms with Crippen LogP contribution >= 0.6 is 0 Å². The summed E-state index contributed by atoms with van der Waals surface area (Å²) < 4.78 is 6.20. The third-order valence-electron chi connectivity index (χ3n) is 8.19. The van der Waals surface area contributed by atoms with Crippen LogP contribution in [-0.2, 0) is 5.41 Å². The van der Waals surface area contributed by atoms with E-state index in [4.69, 9.17) is 4.74 Å². The zero-order chi connectivity index (χ0) is 24.2. The third kappa shape index (κ3) is 7.93. The molecule has 33 heavy (non-hydrogen) atoms. The quantitative estimate of drug-likeness (QED) is 0.216. The Morgan fingerprint density at radius 3 is 1.97 bits per heavy atom. The smallest absolute Gasteiger partial charge is 0.142 e. The molecule has 0 fully saturated rings. The first kappa shape index (κ1) is 28.1. The van der Waals surface area contributed by atoms with Gasteiger partial charge in [-0.3, -0.25) is 0 Å². The van der Waals surface area contributed by atoms with Gasteiger partial charge in [-0.2, -0.15) is 0 Å². The van der Waals surface area contributed by atoms with Gasteiger partial charge in [-0.1, -0.05) is 111 Å². The lowest BCUT2D eigenvalue weighted by Crippen LogP contribution is -2.50. The van der Waals surface area contributed by atoms with Crippen molar-refractivity contribution in [3.05, 3.63) is 23.8 Å². The predicted molar refractivity (Wildman–Crippen MR) is 147 cm³/mol. The van der Waals surface area contributed by atoms with E-state index in [1.54, 1.807) is 0 Å². The number of hydrogen-bond acceptors (Lipinski definition) is 2. The molecule has 2 rings (SSSR count). The van der Waals surface area contributed by atoms with Gasteiger partial charge in [0.15, 0.2) is 0 Å². The molecule has 0 radical (unpaired) electrons. The summed E-state index contributed by atoms with van der Waals surface area (Å²) >= 11 is 0. The molecule has 0 N–H and O–H groups in total. The number of hydrogen-bond donors (Lipinski definition) is 0. The lowest BCUT2D eigenvalue weighted by atomic mass is 9.74. The fraction of sp³-hybridized carbons (Fsp3) is 0.806. The van der Waals surface area contributed by atoms with E-state index in [1.165, 1.54) is 108 Å². The highest BCUT2D eigenvalue weighted by atomic mass is 16.5. The standard InChI is InChI=1S/C31H55NO/c1-7-11-14-17-23-31(6,22-16-13-9-3)32-24-25-33-29-19-18-27(26-28(29)32)30(5,20-10-4)21-15-12-8-2/h18-19,26H,7-17,20-25H2,1-6H3. The van der Waals surface area contributed by atoms with E-state index in [-0.39, 0.29) is 11.0 Å². The van der Waals surface area contributed by atoms with Crippen molar-refractivity contribution in [2.45, 2.75) is 149 Å². The number of benzene rings is 1. The maximum Gasteiger partial charge on any atom is 0.142 e. The number of nitrogens with zero attached hydrogens (tertiary/aromatic N) is 1. The maximum atomic E-state index is 6.20. The molecule has 0 spiro atoms. The van der Waals surface area contributed by atoms with E-state index in [2.05, 4.69) is 64.6 Å². The molecule has 1 aromatic rings. The van der Waals surface area contributed by atoms with E-state index >= 15 is 0 Å². The fourth-order valence-electron chi connectivity index (χ4n) is 5.97. The minimum absolute atomic E-state index is 0.226. The van der Waals surface area contributed by atoms with Crippen molar-refractivity contribution < 1.29 is 4.74 Å². The molecule has 2 heteroatoms. The van der Waals surface area contributed by atoms with Crippen molar-refractivity contribution in [3.8, 4) is 5.75 Å². The van der Waals surface area contributed by atoms with Crippen LogP contribution in [0, 0.1) is 0 Å². The largest absolute Gasteiger partial charge is 0.490 e. The van der Waals surface area contributed by atoms with Crippen LogP contribution < -0.4 is 9.64 Å². The highest BCUT2D eigenvalue weighted by molar-refractivity contribution is 5.63. The van der Waals surface area contributed by atoms with Gasteiger partial charge in [0.2, 0.25) is 0 Å². The van der Waals surface area contributed by atoms with Crippen LogP contribution in [0.5, 0.6) is 5.75 Å². The zero-order valence-electron chi connectivity index (χ0n) is 23.1. The van der Waals surface area contributed by atoms with Crippen LogP contribution in [0.1, 0.15) is 143 Å². The number of anilines is 1. The van der Waals surface area contributed by atoms with Crippen LogP contribution in [0.15, 0.2) is 18.2 Å². The number of rotatable bonds is 17. The van der Waals surface area contributed by atoms with Crippen molar-refractivity contribution in [1.82, 2.24) is 0 Å². The minimum atomic E-state index is 0.226. The Morgan fingerprint density at radius 2 is 1.33 bits per heavy atom. The molecule has 0 aliphatic carbocycles. The van der Waals surface area contributed by atoms with Crippen LogP contribution in [0.4, 0.5) is 5.69 Å². The zero-order valence-corrected chi connectivity index (χ0v) is 23.1. The molecule has 0 aromatic heterocycles. The topological polar surface area (TPSA) is 12.5 Å². The molecule has 0 saturated carbocycles. The van der Waals surface area contributed by atoms with Crippen LogP contribution in [0.3, 0.4) is 0 Å². The van der Waals surface area contributed by atoms with E-state index in [0.29, 0.717) is 0 Å². The Labute approximate surface area is 206 Å². The van der Waals surface area contributed by atoms with Crippen molar-refractivity contribution in [2.75, 3.05) is 18.1 Å². The fourth-order valence-corrected chi connectivity index (χ4v) is 5.97. The predicted octanol–water partition coefficient (Wildman–Crippen LogP) is 9.83. The van der Waals surface area contributed by atoms with Gasteiger partial charge in [0.25, 0.3) is 0 Å². The Hall–Kier alpha value is -1.18. The summed E-state index contributed by atoms with van der Waals surface area (Å²) in [5, 5.41) is 0. The van der Waals surface area contributed by atoms with E-state index in [0.717, 1.165) is 18.9 Å². The highest BCUT2D eigenvalue weighted by Crippen LogP contribution is 2.44. The molecular formula is C31H55NO. The molecule has 0 bridgehead atoms. The van der Waals surface area contributed by atoms with Gasteiger partial charge in [-0.05, 0) is 55.7 Å². The molecule has 1 aromatic carbocycles. The van der Waals surface area contributed by atoms with Gasteiger partial charge in [-0.15, -0.1) is 0 Å². The Kier molecular flexibility index (Phi) is 12.1. The lowest BCUT2D eigenvalue weighted by molar-refractivity contribution is 0.260. The summed E-state index contributed by atoms with van der Waals surface area (Å²) in [4.78, 5) is 2.76. The summed E-state index contributed by atoms with van der Waals surface area (Å²) in [6.07, 6.45) is 19.7. The van der Waals surface area contributed by atoms with Crippen LogP contribution in [-0.4, -0.2) is 18.7 Å². The molecule has 1 heterocycles. The lowest BCUT2D eigenvalue weighted by Gasteiger charge is -2.47. The molecule has 2 unspecified atom stereocenters. The number of fused-ring (bicyclic) bond motifs is 1. The second kappa shape index (κ2) is 14.3. The maximum absolute atomic E-state index is 6.20. The van der Waals surface area contributed by atoms with E-state index in [1.807, 2.05) is 0 Å². The summed E-state index contributed by atoms with van der Waals surface area (Å²) in [7, 11) is 0. The first-order chi connectivity index (χ1) is 15.9. The van der Waals surface area contributed by atoms with Crippen molar-refractivity contribution in [1.29, 1.82) is 0 Å². The van der Waals surface area contributed by atoms with Gasteiger partial charge in [-0.25, -0.2) is 0 Å². The van der Waals surface area contributed by atoms with E-state index < -0.39 is 0 Å². The molecular weight excluding hydrogens is 402 g/mol. The highest BCUT2D eigenvalue weighted by Gasteiger charge is 2.36. The van der Waals surface area contributed by atoms with Gasteiger partial charge in [0.05, 0.1) is 12.2 Å². The summed E-state index contributed by atoms with van der Waals surface area (Å²) in [6.45, 7) is 16.2. The molecule has 1 aliphatic heterocycles. The van der Waals surface area contributed by atoms with Gasteiger partial charge >= 0.3 is 0 Å². The first-order valence-electron chi connectivity index (χ1n) is 14.5. The average Bonchev–Trinajstić information content (AvgIpc) is 2.81. The SMILES string of the molecule is CCCCCCC(C)(CCCCC)N1CCOc2ccc(C(C)(CCC)CCCCC)cc21. The second-order valence-electron chi connectivity index (χ2n) is 11.2. The number of ether oxygens (including phenoxy) is 1. The van der Waals surface area contributed by atoms with Crippen LogP contribution in [0.2, 0.25) is 0 Å². The summed E-state index contributed by atoms with van der Waals surface area (Å²) in [6, 6.07) is 7.19. The molecule has 1 aliphatic rings. The van der Waals surface area contributed by atoms with Crippen molar-refractivity contribution in [2.24, 2.45) is 0 Å². The summed E-state index contributed by atoms with van der Waals surface area (Å²) in [5.74, 6) is 1.10.